The van der Waals surface area contributed by atoms with Crippen molar-refractivity contribution in [2.45, 2.75) is 13.3 Å². The van der Waals surface area contributed by atoms with E-state index < -0.39 is 0 Å². The summed E-state index contributed by atoms with van der Waals surface area (Å²) in [6.07, 6.45) is 2.08. The van der Waals surface area contributed by atoms with Gasteiger partial charge in [-0.15, -0.1) is 0 Å². The van der Waals surface area contributed by atoms with Crippen molar-refractivity contribution in [1.29, 1.82) is 0 Å². The van der Waals surface area contributed by atoms with Crippen LogP contribution in [0.1, 0.15) is 22.6 Å². The maximum atomic E-state index is 12.3. The highest BCUT2D eigenvalue weighted by Crippen LogP contribution is 2.24. The molecule has 1 fully saturated rings. The second-order valence-corrected chi connectivity index (χ2v) is 5.91. The van der Waals surface area contributed by atoms with Crippen molar-refractivity contribution in [2.75, 3.05) is 18.0 Å². The molecule has 1 aromatic heterocycles. The minimum Gasteiger partial charge on any atom is -0.350 e. The standard InChI is InChI=1S/C17H20N4O2/c1-12-16(20(2)11-19-12)17(23)18-9-13-8-15(22)21(10-13)14-6-4-3-5-7-14/h3-7,11,13H,8-10H2,1-2H3,(H,18,23)/t13-/m1/s1. The molecule has 0 saturated carbocycles. The minimum absolute atomic E-state index is 0.104. The van der Waals surface area contributed by atoms with E-state index in [4.69, 9.17) is 0 Å². The van der Waals surface area contributed by atoms with Gasteiger partial charge in [0.05, 0.1) is 12.0 Å². The van der Waals surface area contributed by atoms with Crippen LogP contribution in [0.15, 0.2) is 36.7 Å². The Kier molecular flexibility index (Phi) is 4.14. The van der Waals surface area contributed by atoms with Crippen molar-refractivity contribution >= 4 is 17.5 Å². The van der Waals surface area contributed by atoms with E-state index in [1.54, 1.807) is 22.8 Å². The molecule has 0 radical (unpaired) electrons. The highest BCUT2D eigenvalue weighted by molar-refractivity contribution is 5.96. The maximum absolute atomic E-state index is 12.3. The average molecular weight is 312 g/mol. The van der Waals surface area contributed by atoms with Gasteiger partial charge in [-0.25, -0.2) is 4.98 Å². The topological polar surface area (TPSA) is 67.2 Å². The van der Waals surface area contributed by atoms with E-state index >= 15 is 0 Å². The van der Waals surface area contributed by atoms with E-state index in [0.717, 1.165) is 5.69 Å². The van der Waals surface area contributed by atoms with Gasteiger partial charge in [-0.1, -0.05) is 18.2 Å². The van der Waals surface area contributed by atoms with Crippen molar-refractivity contribution in [1.82, 2.24) is 14.9 Å². The normalized spacial score (nSPS) is 17.6. The molecule has 1 aromatic carbocycles. The molecule has 2 amide bonds. The van der Waals surface area contributed by atoms with E-state index in [9.17, 15) is 9.59 Å². The average Bonchev–Trinajstić information content (AvgIpc) is 3.08. The number of hydrogen-bond acceptors (Lipinski definition) is 3. The molecule has 120 valence electrons. The first-order chi connectivity index (χ1) is 11.1. The monoisotopic (exact) mass is 312 g/mol. The molecule has 2 aromatic rings. The van der Waals surface area contributed by atoms with E-state index in [2.05, 4.69) is 10.3 Å². The van der Waals surface area contributed by atoms with Crippen LogP contribution >= 0.6 is 0 Å². The number of carbonyl (C=O) groups excluding carboxylic acids is 2. The summed E-state index contributed by atoms with van der Waals surface area (Å²) in [5.74, 6) is 0.0838. The molecule has 1 aliphatic heterocycles. The molecular formula is C17H20N4O2. The number of rotatable bonds is 4. The fraction of sp³-hybridized carbons (Fsp3) is 0.353. The summed E-state index contributed by atoms with van der Waals surface area (Å²) in [6, 6.07) is 9.62. The fourth-order valence-corrected chi connectivity index (χ4v) is 2.97. The number of amides is 2. The Morgan fingerprint density at radius 3 is 2.74 bits per heavy atom. The number of aromatic nitrogens is 2. The number of para-hydroxylation sites is 1. The molecule has 1 atom stereocenters. The molecule has 0 spiro atoms. The molecule has 1 N–H and O–H groups in total. The smallest absolute Gasteiger partial charge is 0.269 e. The van der Waals surface area contributed by atoms with E-state index in [-0.39, 0.29) is 17.7 Å². The highest BCUT2D eigenvalue weighted by Gasteiger charge is 2.30. The third kappa shape index (κ3) is 3.11. The number of aryl methyl sites for hydroxylation is 2. The van der Waals surface area contributed by atoms with Gasteiger partial charge in [0.25, 0.3) is 5.91 Å². The van der Waals surface area contributed by atoms with E-state index in [1.165, 1.54) is 0 Å². The Bertz CT molecular complexity index is 704. The molecule has 1 aliphatic rings. The number of carbonyl (C=O) groups is 2. The van der Waals surface area contributed by atoms with Gasteiger partial charge in [0.2, 0.25) is 5.91 Å². The number of nitrogens with one attached hydrogen (secondary N) is 1. The summed E-state index contributed by atoms with van der Waals surface area (Å²) in [7, 11) is 1.80. The Labute approximate surface area is 135 Å². The maximum Gasteiger partial charge on any atom is 0.269 e. The number of hydrogen-bond donors (Lipinski definition) is 1. The summed E-state index contributed by atoms with van der Waals surface area (Å²) in [4.78, 5) is 30.3. The Morgan fingerprint density at radius 1 is 1.35 bits per heavy atom. The van der Waals surface area contributed by atoms with Crippen molar-refractivity contribution in [3.8, 4) is 0 Å². The zero-order chi connectivity index (χ0) is 16.4. The van der Waals surface area contributed by atoms with Gasteiger partial charge in [-0.2, -0.15) is 0 Å². The van der Waals surface area contributed by atoms with Crippen LogP contribution in [0, 0.1) is 12.8 Å². The molecule has 0 bridgehead atoms. The fourth-order valence-electron chi connectivity index (χ4n) is 2.97. The lowest BCUT2D eigenvalue weighted by atomic mass is 10.1. The largest absolute Gasteiger partial charge is 0.350 e. The lowest BCUT2D eigenvalue weighted by Gasteiger charge is -2.17. The SMILES string of the molecule is Cc1ncn(C)c1C(=O)NC[C@H]1CC(=O)N(c2ccccc2)C1. The van der Waals surface area contributed by atoms with Crippen LogP contribution in [0.5, 0.6) is 0 Å². The molecule has 0 unspecified atom stereocenters. The van der Waals surface area contributed by atoms with E-state index in [1.807, 2.05) is 37.3 Å². The van der Waals surface area contributed by atoms with Gasteiger partial charge >= 0.3 is 0 Å². The van der Waals surface area contributed by atoms with Crippen molar-refractivity contribution in [3.63, 3.8) is 0 Å². The van der Waals surface area contributed by atoms with Crippen LogP contribution in [-0.4, -0.2) is 34.5 Å². The Balaban J connectivity index is 1.60. The van der Waals surface area contributed by atoms with Crippen LogP contribution in [0.25, 0.3) is 0 Å². The number of imidazole rings is 1. The van der Waals surface area contributed by atoms with Gasteiger partial charge in [0.1, 0.15) is 5.69 Å². The number of nitrogens with zero attached hydrogens (tertiary/aromatic N) is 3. The molecule has 2 heterocycles. The molecule has 23 heavy (non-hydrogen) atoms. The van der Waals surface area contributed by atoms with Crippen LogP contribution in [0.3, 0.4) is 0 Å². The lowest BCUT2D eigenvalue weighted by molar-refractivity contribution is -0.117. The molecule has 3 rings (SSSR count). The number of benzene rings is 1. The Hall–Kier alpha value is -2.63. The molecule has 6 heteroatoms. The summed E-state index contributed by atoms with van der Waals surface area (Å²) >= 11 is 0. The molecular weight excluding hydrogens is 292 g/mol. The highest BCUT2D eigenvalue weighted by atomic mass is 16.2. The van der Waals surface area contributed by atoms with Crippen LogP contribution < -0.4 is 10.2 Å². The summed E-state index contributed by atoms with van der Waals surface area (Å²) in [6.45, 7) is 2.93. The molecule has 1 saturated heterocycles. The number of anilines is 1. The molecule has 0 aliphatic carbocycles. The van der Waals surface area contributed by atoms with Crippen molar-refractivity contribution in [3.05, 3.63) is 48.0 Å². The van der Waals surface area contributed by atoms with Gasteiger partial charge in [-0.05, 0) is 19.1 Å². The Morgan fingerprint density at radius 2 is 2.09 bits per heavy atom. The van der Waals surface area contributed by atoms with Gasteiger partial charge in [0, 0.05) is 38.2 Å². The summed E-state index contributed by atoms with van der Waals surface area (Å²) < 4.78 is 1.71. The van der Waals surface area contributed by atoms with Crippen LogP contribution in [-0.2, 0) is 11.8 Å². The van der Waals surface area contributed by atoms with Crippen LogP contribution in [0.4, 0.5) is 5.69 Å². The molecule has 6 nitrogen and oxygen atoms in total. The first kappa shape index (κ1) is 15.3. The quantitative estimate of drug-likeness (QED) is 0.930. The zero-order valence-electron chi connectivity index (χ0n) is 13.3. The third-order valence-corrected chi connectivity index (χ3v) is 4.16. The van der Waals surface area contributed by atoms with Gasteiger partial charge in [0.15, 0.2) is 0 Å². The predicted octanol–water partition coefficient (Wildman–Crippen LogP) is 1.51. The lowest BCUT2D eigenvalue weighted by Crippen LogP contribution is -2.32. The predicted molar refractivity (Wildman–Crippen MR) is 87.2 cm³/mol. The second kappa shape index (κ2) is 6.24. The summed E-state index contributed by atoms with van der Waals surface area (Å²) in [5, 5.41) is 2.92. The van der Waals surface area contributed by atoms with Crippen molar-refractivity contribution in [2.24, 2.45) is 13.0 Å². The third-order valence-electron chi connectivity index (χ3n) is 4.16. The zero-order valence-corrected chi connectivity index (χ0v) is 13.3. The van der Waals surface area contributed by atoms with Crippen LogP contribution in [0.2, 0.25) is 0 Å². The van der Waals surface area contributed by atoms with E-state index in [0.29, 0.717) is 30.9 Å². The minimum atomic E-state index is -0.145. The van der Waals surface area contributed by atoms with Gasteiger partial charge < -0.3 is 14.8 Å². The summed E-state index contributed by atoms with van der Waals surface area (Å²) in [5.41, 5.74) is 2.18. The first-order valence-electron chi connectivity index (χ1n) is 7.68. The van der Waals surface area contributed by atoms with Crippen molar-refractivity contribution < 1.29 is 9.59 Å². The van der Waals surface area contributed by atoms with Gasteiger partial charge in [-0.3, -0.25) is 9.59 Å². The first-order valence-corrected chi connectivity index (χ1v) is 7.68. The second-order valence-electron chi connectivity index (χ2n) is 5.91.